The van der Waals surface area contributed by atoms with E-state index in [9.17, 15) is 9.59 Å². The smallest absolute Gasteiger partial charge is 0.252 e. The zero-order chi connectivity index (χ0) is 13.7. The van der Waals surface area contributed by atoms with Gasteiger partial charge in [-0.15, -0.1) is 0 Å². The Bertz CT molecular complexity index is 595. The predicted molar refractivity (Wildman–Crippen MR) is 71.0 cm³/mol. The fraction of sp³-hybridized carbons (Fsp3) is 0.308. The summed E-state index contributed by atoms with van der Waals surface area (Å²) in [6, 6.07) is 2.85. The predicted octanol–water partition coefficient (Wildman–Crippen LogP) is 0.769. The number of aromatic nitrogens is 3. The molecule has 0 aliphatic rings. The van der Waals surface area contributed by atoms with Gasteiger partial charge < -0.3 is 10.3 Å². The highest BCUT2D eigenvalue weighted by Gasteiger charge is 2.05. The molecule has 100 valence electrons. The lowest BCUT2D eigenvalue weighted by Gasteiger charge is -2.04. The quantitative estimate of drug-likeness (QED) is 0.693. The third kappa shape index (κ3) is 3.54. The number of hydrogen-bond acceptors (Lipinski definition) is 3. The molecule has 0 radical (unpaired) electrons. The van der Waals surface area contributed by atoms with Crippen LogP contribution in [0.3, 0.4) is 0 Å². The second-order valence-corrected chi connectivity index (χ2v) is 4.32. The van der Waals surface area contributed by atoms with E-state index in [-0.39, 0.29) is 11.5 Å². The molecule has 0 aromatic carbocycles. The van der Waals surface area contributed by atoms with Crippen molar-refractivity contribution in [1.29, 1.82) is 0 Å². The number of aromatic amines is 2. The minimum atomic E-state index is -0.216. The van der Waals surface area contributed by atoms with Crippen LogP contribution in [0.15, 0.2) is 29.3 Å². The average Bonchev–Trinajstić information content (AvgIpc) is 2.81. The minimum Gasteiger partial charge on any atom is -0.352 e. The number of aryl methyl sites for hydroxylation is 2. The molecule has 0 bridgehead atoms. The van der Waals surface area contributed by atoms with Crippen molar-refractivity contribution in [3.05, 3.63) is 51.7 Å². The van der Waals surface area contributed by atoms with Gasteiger partial charge in [-0.05, 0) is 31.4 Å². The molecular weight excluding hydrogens is 244 g/mol. The van der Waals surface area contributed by atoms with Gasteiger partial charge in [-0.25, -0.2) is 0 Å². The summed E-state index contributed by atoms with van der Waals surface area (Å²) in [5, 5.41) is 9.63. The van der Waals surface area contributed by atoms with Crippen molar-refractivity contribution in [2.24, 2.45) is 0 Å². The molecule has 0 aliphatic carbocycles. The Morgan fingerprint density at radius 3 is 2.89 bits per heavy atom. The first kappa shape index (κ1) is 13.1. The summed E-state index contributed by atoms with van der Waals surface area (Å²) in [6.45, 7) is 2.56. The zero-order valence-electron chi connectivity index (χ0n) is 10.7. The van der Waals surface area contributed by atoms with Crippen LogP contribution in [-0.2, 0) is 6.42 Å². The molecule has 19 heavy (non-hydrogen) atoms. The number of nitrogens with one attached hydrogen (secondary N) is 3. The summed E-state index contributed by atoms with van der Waals surface area (Å²) in [6.07, 6.45) is 4.93. The molecule has 2 heterocycles. The van der Waals surface area contributed by atoms with E-state index in [1.807, 2.05) is 6.92 Å². The van der Waals surface area contributed by atoms with Crippen molar-refractivity contribution in [3.63, 3.8) is 0 Å². The number of rotatable bonds is 5. The fourth-order valence-electron chi connectivity index (χ4n) is 1.76. The number of hydrogen-bond donors (Lipinski definition) is 3. The summed E-state index contributed by atoms with van der Waals surface area (Å²) < 4.78 is 0. The maximum absolute atomic E-state index is 11.7. The Labute approximate surface area is 110 Å². The molecule has 2 aromatic heterocycles. The normalized spacial score (nSPS) is 10.4. The van der Waals surface area contributed by atoms with Gasteiger partial charge in [0.2, 0.25) is 5.56 Å². The lowest BCUT2D eigenvalue weighted by atomic mass is 10.1. The van der Waals surface area contributed by atoms with Crippen LogP contribution in [0.1, 0.15) is 28.0 Å². The summed E-state index contributed by atoms with van der Waals surface area (Å²) in [4.78, 5) is 25.1. The highest BCUT2D eigenvalue weighted by Crippen LogP contribution is 2.05. The summed E-state index contributed by atoms with van der Waals surface area (Å²) in [7, 11) is 0. The van der Waals surface area contributed by atoms with E-state index in [2.05, 4.69) is 20.5 Å². The van der Waals surface area contributed by atoms with Gasteiger partial charge in [0.25, 0.3) is 5.91 Å². The molecule has 0 unspecified atom stereocenters. The van der Waals surface area contributed by atoms with Crippen LogP contribution in [-0.4, -0.2) is 27.6 Å². The van der Waals surface area contributed by atoms with E-state index in [4.69, 9.17) is 0 Å². The molecule has 2 rings (SSSR count). The van der Waals surface area contributed by atoms with Gasteiger partial charge in [0.1, 0.15) is 0 Å². The van der Waals surface area contributed by atoms with Crippen molar-refractivity contribution < 1.29 is 4.79 Å². The van der Waals surface area contributed by atoms with Crippen molar-refractivity contribution in [2.75, 3.05) is 6.54 Å². The Kier molecular flexibility index (Phi) is 4.12. The molecule has 0 spiro atoms. The van der Waals surface area contributed by atoms with Crippen LogP contribution in [0, 0.1) is 6.92 Å². The maximum Gasteiger partial charge on any atom is 0.252 e. The standard InChI is InChI=1S/C13H16N4O2/c1-9-10(8-16-17-9)3-2-6-14-13(19)11-4-5-12(18)15-7-11/h4-5,7-8H,2-3,6H2,1H3,(H,14,19)(H,15,18)(H,16,17). The second kappa shape index (κ2) is 5.99. The van der Waals surface area contributed by atoms with Gasteiger partial charge in [-0.1, -0.05) is 0 Å². The van der Waals surface area contributed by atoms with Crippen LogP contribution >= 0.6 is 0 Å². The lowest BCUT2D eigenvalue weighted by molar-refractivity contribution is 0.0953. The first-order chi connectivity index (χ1) is 9.16. The molecular formula is C13H16N4O2. The number of nitrogens with zero attached hydrogens (tertiary/aromatic N) is 1. The van der Waals surface area contributed by atoms with E-state index in [1.165, 1.54) is 23.9 Å². The topological polar surface area (TPSA) is 90.6 Å². The van der Waals surface area contributed by atoms with Crippen LogP contribution in [0.25, 0.3) is 0 Å². The summed E-state index contributed by atoms with van der Waals surface area (Å²) in [5.41, 5.74) is 2.47. The fourth-order valence-corrected chi connectivity index (χ4v) is 1.76. The summed E-state index contributed by atoms with van der Waals surface area (Å²) >= 11 is 0. The van der Waals surface area contributed by atoms with Gasteiger partial charge >= 0.3 is 0 Å². The molecule has 6 nitrogen and oxygen atoms in total. The van der Waals surface area contributed by atoms with Crippen molar-refractivity contribution in [3.8, 4) is 0 Å². The van der Waals surface area contributed by atoms with E-state index in [1.54, 1.807) is 6.20 Å². The monoisotopic (exact) mass is 260 g/mol. The second-order valence-electron chi connectivity index (χ2n) is 4.32. The third-order valence-corrected chi connectivity index (χ3v) is 2.89. The maximum atomic E-state index is 11.7. The molecule has 0 saturated carbocycles. The van der Waals surface area contributed by atoms with Crippen molar-refractivity contribution in [2.45, 2.75) is 19.8 Å². The van der Waals surface area contributed by atoms with Gasteiger partial charge in [0.15, 0.2) is 0 Å². The largest absolute Gasteiger partial charge is 0.352 e. The molecule has 0 fully saturated rings. The highest BCUT2D eigenvalue weighted by molar-refractivity contribution is 5.93. The molecule has 6 heteroatoms. The highest BCUT2D eigenvalue weighted by atomic mass is 16.1. The molecule has 1 amide bonds. The SMILES string of the molecule is Cc1[nH]ncc1CCCNC(=O)c1ccc(=O)[nH]c1. The Balaban J connectivity index is 1.77. The van der Waals surface area contributed by atoms with E-state index in [0.29, 0.717) is 12.1 Å². The Morgan fingerprint density at radius 2 is 2.26 bits per heavy atom. The van der Waals surface area contributed by atoms with E-state index >= 15 is 0 Å². The zero-order valence-corrected chi connectivity index (χ0v) is 10.7. The molecule has 0 aliphatic heterocycles. The summed E-state index contributed by atoms with van der Waals surface area (Å²) in [5.74, 6) is -0.180. The number of carbonyl (C=O) groups excluding carboxylic acids is 1. The van der Waals surface area contributed by atoms with E-state index < -0.39 is 0 Å². The molecule has 0 atom stereocenters. The first-order valence-electron chi connectivity index (χ1n) is 6.12. The average molecular weight is 260 g/mol. The first-order valence-corrected chi connectivity index (χ1v) is 6.12. The van der Waals surface area contributed by atoms with Gasteiger partial charge in [0, 0.05) is 24.5 Å². The Hall–Kier alpha value is -2.37. The van der Waals surface area contributed by atoms with E-state index in [0.717, 1.165) is 18.5 Å². The van der Waals surface area contributed by atoms with Crippen LogP contribution in [0.4, 0.5) is 0 Å². The van der Waals surface area contributed by atoms with Crippen LogP contribution < -0.4 is 10.9 Å². The number of carbonyl (C=O) groups is 1. The van der Waals surface area contributed by atoms with Crippen molar-refractivity contribution >= 4 is 5.91 Å². The third-order valence-electron chi connectivity index (χ3n) is 2.89. The number of pyridine rings is 1. The molecule has 0 saturated heterocycles. The molecule has 3 N–H and O–H groups in total. The number of H-pyrrole nitrogens is 2. The van der Waals surface area contributed by atoms with Gasteiger partial charge in [0.05, 0.1) is 11.8 Å². The van der Waals surface area contributed by atoms with Gasteiger partial charge in [-0.3, -0.25) is 14.7 Å². The molecule has 2 aromatic rings. The van der Waals surface area contributed by atoms with Crippen LogP contribution in [0.5, 0.6) is 0 Å². The minimum absolute atomic E-state index is 0.180. The Morgan fingerprint density at radius 1 is 1.42 bits per heavy atom. The van der Waals surface area contributed by atoms with Crippen molar-refractivity contribution in [1.82, 2.24) is 20.5 Å². The van der Waals surface area contributed by atoms with Crippen LogP contribution in [0.2, 0.25) is 0 Å². The van der Waals surface area contributed by atoms with Gasteiger partial charge in [-0.2, -0.15) is 5.10 Å². The number of amides is 1. The lowest BCUT2D eigenvalue weighted by Crippen LogP contribution is -2.25.